The number of nitrogens with two attached hydrogens (primary N) is 1. The second kappa shape index (κ2) is 4.19. The van der Waals surface area contributed by atoms with E-state index in [9.17, 15) is 4.79 Å². The maximum absolute atomic E-state index is 10.7. The molecule has 16 heavy (non-hydrogen) atoms. The molecule has 2 aromatic carbocycles. The second-order valence-electron chi connectivity index (χ2n) is 3.75. The zero-order chi connectivity index (χ0) is 11.5. The smallest absolute Gasteiger partial charge is 0.241 e. The van der Waals surface area contributed by atoms with Crippen molar-refractivity contribution in [2.75, 3.05) is 0 Å². The van der Waals surface area contributed by atoms with Crippen LogP contribution in [0.1, 0.15) is 11.1 Å². The van der Waals surface area contributed by atoms with E-state index in [0.717, 1.165) is 10.9 Å². The van der Waals surface area contributed by atoms with E-state index in [4.69, 9.17) is 5.73 Å². The highest BCUT2D eigenvalue weighted by molar-refractivity contribution is 5.97. The van der Waals surface area contributed by atoms with Gasteiger partial charge in [0.05, 0.1) is 0 Å². The molecule has 2 rings (SSSR count). The van der Waals surface area contributed by atoms with Crippen LogP contribution in [0.2, 0.25) is 0 Å². The minimum absolute atomic E-state index is 0.426. The number of carbonyl (C=O) groups excluding carboxylic acids is 1. The van der Waals surface area contributed by atoms with Crippen LogP contribution in [0.25, 0.3) is 16.8 Å². The molecule has 0 aromatic heterocycles. The third kappa shape index (κ3) is 1.96. The van der Waals surface area contributed by atoms with Crippen LogP contribution in [0.5, 0.6) is 0 Å². The summed E-state index contributed by atoms with van der Waals surface area (Å²) in [5.41, 5.74) is 7.33. The van der Waals surface area contributed by atoms with Gasteiger partial charge in [-0.2, -0.15) is 0 Å². The van der Waals surface area contributed by atoms with Crippen LogP contribution in [-0.2, 0) is 4.79 Å². The number of rotatable bonds is 2. The Morgan fingerprint density at radius 2 is 1.81 bits per heavy atom. The van der Waals surface area contributed by atoms with Crippen LogP contribution in [0.15, 0.2) is 42.5 Å². The molecule has 2 N–H and O–H groups in total. The molecule has 0 atom stereocenters. The molecular formula is C14H13NO. The predicted octanol–water partition coefficient (Wildman–Crippen LogP) is 2.65. The Hall–Kier alpha value is -2.09. The molecule has 0 heterocycles. The fraction of sp³-hybridized carbons (Fsp3) is 0.0714. The molecule has 1 amide bonds. The van der Waals surface area contributed by atoms with Gasteiger partial charge in [0.1, 0.15) is 0 Å². The van der Waals surface area contributed by atoms with E-state index in [1.807, 2.05) is 30.3 Å². The normalized spacial score (nSPS) is 11.1. The summed E-state index contributed by atoms with van der Waals surface area (Å²) in [6.07, 6.45) is 3.14. The largest absolute Gasteiger partial charge is 0.366 e. The van der Waals surface area contributed by atoms with E-state index < -0.39 is 5.91 Å². The quantitative estimate of drug-likeness (QED) is 0.762. The molecule has 80 valence electrons. The molecule has 0 spiro atoms. The number of hydrogen-bond donors (Lipinski definition) is 1. The van der Waals surface area contributed by atoms with Crippen LogP contribution < -0.4 is 5.73 Å². The van der Waals surface area contributed by atoms with E-state index >= 15 is 0 Å². The van der Waals surface area contributed by atoms with Gasteiger partial charge in [0.15, 0.2) is 0 Å². The number of amides is 1. The van der Waals surface area contributed by atoms with Gasteiger partial charge in [-0.25, -0.2) is 0 Å². The lowest BCUT2D eigenvalue weighted by molar-refractivity contribution is -0.113. The summed E-state index contributed by atoms with van der Waals surface area (Å²) in [4.78, 5) is 10.7. The van der Waals surface area contributed by atoms with Crippen LogP contribution in [-0.4, -0.2) is 5.91 Å². The number of primary amides is 1. The summed E-state index contributed by atoms with van der Waals surface area (Å²) < 4.78 is 0. The van der Waals surface area contributed by atoms with Crippen molar-refractivity contribution in [3.05, 3.63) is 53.6 Å². The first kappa shape index (κ1) is 10.4. The van der Waals surface area contributed by atoms with Crippen LogP contribution >= 0.6 is 0 Å². The van der Waals surface area contributed by atoms with Crippen LogP contribution in [0, 0.1) is 6.92 Å². The van der Waals surface area contributed by atoms with Crippen molar-refractivity contribution in [1.82, 2.24) is 0 Å². The van der Waals surface area contributed by atoms with Crippen molar-refractivity contribution < 1.29 is 4.79 Å². The molecule has 0 aliphatic carbocycles. The monoisotopic (exact) mass is 211 g/mol. The average Bonchev–Trinajstić information content (AvgIpc) is 2.28. The van der Waals surface area contributed by atoms with Crippen LogP contribution in [0.3, 0.4) is 0 Å². The molecule has 0 radical (unpaired) electrons. The first-order chi connectivity index (χ1) is 7.68. The molecule has 2 aromatic rings. The lowest BCUT2D eigenvalue weighted by Gasteiger charge is -2.05. The van der Waals surface area contributed by atoms with Crippen molar-refractivity contribution in [2.45, 2.75) is 6.92 Å². The Kier molecular flexibility index (Phi) is 2.73. The van der Waals surface area contributed by atoms with Crippen molar-refractivity contribution in [1.29, 1.82) is 0 Å². The summed E-state index contributed by atoms with van der Waals surface area (Å²) in [6, 6.07) is 12.2. The fourth-order valence-electron chi connectivity index (χ4n) is 1.79. The van der Waals surface area contributed by atoms with Gasteiger partial charge in [-0.15, -0.1) is 0 Å². The molecule has 2 heteroatoms. The second-order valence-corrected chi connectivity index (χ2v) is 3.75. The molecule has 0 saturated heterocycles. The first-order valence-corrected chi connectivity index (χ1v) is 5.14. The van der Waals surface area contributed by atoms with Gasteiger partial charge in [0.25, 0.3) is 0 Å². The number of benzene rings is 2. The lowest BCUT2D eigenvalue weighted by Crippen LogP contribution is -2.05. The molecule has 0 fully saturated rings. The highest BCUT2D eigenvalue weighted by Gasteiger charge is 2.00. The molecule has 0 saturated carbocycles. The Bertz CT molecular complexity index is 570. The van der Waals surface area contributed by atoms with Gasteiger partial charge in [-0.05, 0) is 34.9 Å². The number of hydrogen-bond acceptors (Lipinski definition) is 1. The Morgan fingerprint density at radius 3 is 2.50 bits per heavy atom. The average molecular weight is 211 g/mol. The molecule has 0 aliphatic heterocycles. The predicted molar refractivity (Wildman–Crippen MR) is 66.9 cm³/mol. The Morgan fingerprint density at radius 1 is 1.12 bits per heavy atom. The van der Waals surface area contributed by atoms with E-state index in [-0.39, 0.29) is 0 Å². The highest BCUT2D eigenvalue weighted by Crippen LogP contribution is 2.23. The molecular weight excluding hydrogens is 198 g/mol. The van der Waals surface area contributed by atoms with Crippen molar-refractivity contribution in [3.8, 4) is 0 Å². The summed E-state index contributed by atoms with van der Waals surface area (Å²) in [6.45, 7) is 2.07. The topological polar surface area (TPSA) is 43.1 Å². The fourth-order valence-corrected chi connectivity index (χ4v) is 1.79. The van der Waals surface area contributed by atoms with Crippen molar-refractivity contribution >= 4 is 22.8 Å². The van der Waals surface area contributed by atoms with Crippen molar-refractivity contribution in [3.63, 3.8) is 0 Å². The molecule has 0 bridgehead atoms. The Balaban J connectivity index is 2.63. The summed E-state index contributed by atoms with van der Waals surface area (Å²) in [5, 5.41) is 2.34. The van der Waals surface area contributed by atoms with Gasteiger partial charge in [0, 0.05) is 6.08 Å². The maximum Gasteiger partial charge on any atom is 0.241 e. The summed E-state index contributed by atoms with van der Waals surface area (Å²) in [5.74, 6) is -0.426. The number of aryl methyl sites for hydroxylation is 1. The lowest BCUT2D eigenvalue weighted by atomic mass is 10.00. The molecule has 0 unspecified atom stereocenters. The highest BCUT2D eigenvalue weighted by atomic mass is 16.1. The van der Waals surface area contributed by atoms with E-state index in [0.29, 0.717) is 0 Å². The minimum atomic E-state index is -0.426. The van der Waals surface area contributed by atoms with Gasteiger partial charge in [0.2, 0.25) is 5.91 Å². The number of fused-ring (bicyclic) bond motifs is 1. The third-order valence-electron chi connectivity index (χ3n) is 2.60. The molecule has 0 aliphatic rings. The van der Waals surface area contributed by atoms with E-state index in [1.165, 1.54) is 17.0 Å². The molecule has 2 nitrogen and oxygen atoms in total. The Labute approximate surface area is 94.4 Å². The van der Waals surface area contributed by atoms with E-state index in [1.54, 1.807) is 6.08 Å². The zero-order valence-electron chi connectivity index (χ0n) is 9.10. The van der Waals surface area contributed by atoms with E-state index in [2.05, 4.69) is 13.0 Å². The summed E-state index contributed by atoms with van der Waals surface area (Å²) >= 11 is 0. The number of carbonyl (C=O) groups is 1. The van der Waals surface area contributed by atoms with Gasteiger partial charge < -0.3 is 5.73 Å². The van der Waals surface area contributed by atoms with Crippen LogP contribution in [0.4, 0.5) is 0 Å². The van der Waals surface area contributed by atoms with Gasteiger partial charge in [-0.1, -0.05) is 36.4 Å². The van der Waals surface area contributed by atoms with Gasteiger partial charge in [-0.3, -0.25) is 4.79 Å². The zero-order valence-corrected chi connectivity index (χ0v) is 9.10. The maximum atomic E-state index is 10.7. The van der Waals surface area contributed by atoms with Gasteiger partial charge >= 0.3 is 0 Å². The first-order valence-electron chi connectivity index (χ1n) is 5.14. The SMILES string of the molecule is Cc1ccc(C=CC(N)=O)c2ccccc12. The van der Waals surface area contributed by atoms with Crippen molar-refractivity contribution in [2.24, 2.45) is 5.73 Å². The third-order valence-corrected chi connectivity index (χ3v) is 2.60. The summed E-state index contributed by atoms with van der Waals surface area (Å²) in [7, 11) is 0. The minimum Gasteiger partial charge on any atom is -0.366 e. The standard InChI is InChI=1S/C14H13NO/c1-10-6-7-11(8-9-14(15)16)13-5-3-2-4-12(10)13/h2-9H,1H3,(H2,15,16).